The molecular weight excluding hydrogens is 216 g/mol. The number of hydrogen-bond donors (Lipinski definition) is 2. The van der Waals surface area contributed by atoms with Crippen LogP contribution in [0.1, 0.15) is 44.4 Å². The zero-order valence-corrected chi connectivity index (χ0v) is 10.7. The third-order valence-electron chi connectivity index (χ3n) is 3.14. The zero-order valence-electron chi connectivity index (χ0n) is 10.7. The number of nitrogens with zero attached hydrogens (tertiary/aromatic N) is 1. The minimum atomic E-state index is -0.692. The van der Waals surface area contributed by atoms with Gasteiger partial charge in [0, 0.05) is 18.5 Å². The highest BCUT2D eigenvalue weighted by molar-refractivity contribution is 5.70. The summed E-state index contributed by atoms with van der Waals surface area (Å²) in [6.07, 6.45) is 2.99. The van der Waals surface area contributed by atoms with Crippen molar-refractivity contribution in [2.45, 2.75) is 46.5 Å². The van der Waals surface area contributed by atoms with E-state index in [-0.39, 0.29) is 11.3 Å². The SMILES string of the molecule is CC(C)(C)Cc1nc2c([nH]1)CC(C(=O)O)CC2. The van der Waals surface area contributed by atoms with Gasteiger partial charge in [0.2, 0.25) is 0 Å². The minimum absolute atomic E-state index is 0.201. The van der Waals surface area contributed by atoms with E-state index in [4.69, 9.17) is 5.11 Å². The molecule has 1 aromatic heterocycles. The van der Waals surface area contributed by atoms with Crippen molar-refractivity contribution in [3.05, 3.63) is 17.2 Å². The molecular formula is C13H20N2O2. The summed E-state index contributed by atoms with van der Waals surface area (Å²) in [7, 11) is 0. The van der Waals surface area contributed by atoms with E-state index >= 15 is 0 Å². The molecule has 2 rings (SSSR count). The smallest absolute Gasteiger partial charge is 0.306 e. The van der Waals surface area contributed by atoms with E-state index in [1.165, 1.54) is 0 Å². The summed E-state index contributed by atoms with van der Waals surface area (Å²) in [6.45, 7) is 6.53. The predicted octanol–water partition coefficient (Wildman–Crippen LogP) is 2.19. The number of aryl methyl sites for hydroxylation is 1. The Morgan fingerprint density at radius 2 is 2.24 bits per heavy atom. The average molecular weight is 236 g/mol. The first-order valence-electron chi connectivity index (χ1n) is 6.14. The summed E-state index contributed by atoms with van der Waals surface area (Å²) in [6, 6.07) is 0. The second-order valence-electron chi connectivity index (χ2n) is 6.12. The number of carbonyl (C=O) groups is 1. The number of aliphatic carboxylic acids is 1. The summed E-state index contributed by atoms with van der Waals surface area (Å²) < 4.78 is 0. The molecule has 0 aliphatic heterocycles. The molecule has 1 aliphatic carbocycles. The fourth-order valence-electron chi connectivity index (χ4n) is 2.34. The van der Waals surface area contributed by atoms with Gasteiger partial charge in [0.25, 0.3) is 0 Å². The van der Waals surface area contributed by atoms with Gasteiger partial charge in [-0.25, -0.2) is 4.98 Å². The second-order valence-corrected chi connectivity index (χ2v) is 6.12. The van der Waals surface area contributed by atoms with Crippen LogP contribution in [0.5, 0.6) is 0 Å². The number of carboxylic acid groups (broad SMARTS) is 1. The number of carboxylic acids is 1. The third-order valence-corrected chi connectivity index (χ3v) is 3.14. The molecule has 0 amide bonds. The number of imidazole rings is 1. The lowest BCUT2D eigenvalue weighted by Crippen LogP contribution is -2.22. The van der Waals surface area contributed by atoms with E-state index in [1.54, 1.807) is 0 Å². The molecule has 1 aliphatic rings. The number of nitrogens with one attached hydrogen (secondary N) is 1. The van der Waals surface area contributed by atoms with E-state index in [1.807, 2.05) is 0 Å². The van der Waals surface area contributed by atoms with Crippen LogP contribution in [0.3, 0.4) is 0 Å². The number of aromatic amines is 1. The maximum Gasteiger partial charge on any atom is 0.306 e. The Labute approximate surface area is 101 Å². The largest absolute Gasteiger partial charge is 0.481 e. The standard InChI is InChI=1S/C13H20N2O2/c1-13(2,3)7-11-14-9-5-4-8(12(16)17)6-10(9)15-11/h8H,4-7H2,1-3H3,(H,14,15)(H,16,17). The van der Waals surface area contributed by atoms with E-state index in [0.717, 1.165) is 30.1 Å². The Hall–Kier alpha value is -1.32. The van der Waals surface area contributed by atoms with Gasteiger partial charge in [-0.1, -0.05) is 20.8 Å². The lowest BCUT2D eigenvalue weighted by atomic mass is 9.90. The van der Waals surface area contributed by atoms with Crippen LogP contribution in [-0.2, 0) is 24.1 Å². The van der Waals surface area contributed by atoms with Crippen LogP contribution >= 0.6 is 0 Å². The maximum absolute atomic E-state index is 11.0. The summed E-state index contributed by atoms with van der Waals surface area (Å²) in [5.74, 6) is 0.0570. The van der Waals surface area contributed by atoms with Crippen LogP contribution in [0.4, 0.5) is 0 Å². The first-order valence-corrected chi connectivity index (χ1v) is 6.14. The minimum Gasteiger partial charge on any atom is -0.481 e. The second kappa shape index (κ2) is 4.17. The fourth-order valence-corrected chi connectivity index (χ4v) is 2.34. The van der Waals surface area contributed by atoms with Crippen LogP contribution < -0.4 is 0 Å². The molecule has 0 fully saturated rings. The number of rotatable bonds is 2. The van der Waals surface area contributed by atoms with Crippen LogP contribution in [0, 0.1) is 11.3 Å². The molecule has 4 nitrogen and oxygen atoms in total. The lowest BCUT2D eigenvalue weighted by molar-refractivity contribution is -0.142. The first-order chi connectivity index (χ1) is 7.85. The predicted molar refractivity (Wildman–Crippen MR) is 64.9 cm³/mol. The molecule has 0 aromatic carbocycles. The Balaban J connectivity index is 2.15. The molecule has 0 spiro atoms. The number of hydrogen-bond acceptors (Lipinski definition) is 2. The van der Waals surface area contributed by atoms with Crippen molar-refractivity contribution < 1.29 is 9.90 Å². The van der Waals surface area contributed by atoms with Gasteiger partial charge in [0.05, 0.1) is 11.6 Å². The van der Waals surface area contributed by atoms with E-state index in [9.17, 15) is 4.79 Å². The Kier molecular flexibility index (Phi) is 2.98. The van der Waals surface area contributed by atoms with Gasteiger partial charge in [0.1, 0.15) is 5.82 Å². The van der Waals surface area contributed by atoms with Crippen molar-refractivity contribution in [1.29, 1.82) is 0 Å². The molecule has 2 N–H and O–H groups in total. The van der Waals surface area contributed by atoms with Crippen molar-refractivity contribution in [3.63, 3.8) is 0 Å². The highest BCUT2D eigenvalue weighted by Crippen LogP contribution is 2.26. The van der Waals surface area contributed by atoms with E-state index in [0.29, 0.717) is 12.8 Å². The lowest BCUT2D eigenvalue weighted by Gasteiger charge is -2.16. The summed E-state index contributed by atoms with van der Waals surface area (Å²) in [5, 5.41) is 9.02. The molecule has 94 valence electrons. The van der Waals surface area contributed by atoms with Crippen LogP contribution in [0.15, 0.2) is 0 Å². The fraction of sp³-hybridized carbons (Fsp3) is 0.692. The summed E-state index contributed by atoms with van der Waals surface area (Å²) >= 11 is 0. The topological polar surface area (TPSA) is 66.0 Å². The van der Waals surface area contributed by atoms with Crippen molar-refractivity contribution in [2.24, 2.45) is 11.3 Å². The van der Waals surface area contributed by atoms with Gasteiger partial charge >= 0.3 is 5.97 Å². The quantitative estimate of drug-likeness (QED) is 0.827. The van der Waals surface area contributed by atoms with Crippen LogP contribution in [-0.4, -0.2) is 21.0 Å². The van der Waals surface area contributed by atoms with Crippen molar-refractivity contribution in [1.82, 2.24) is 9.97 Å². The molecule has 17 heavy (non-hydrogen) atoms. The Morgan fingerprint density at radius 3 is 2.82 bits per heavy atom. The number of aromatic nitrogens is 2. The Bertz CT molecular complexity index is 429. The maximum atomic E-state index is 11.0. The van der Waals surface area contributed by atoms with Gasteiger partial charge in [-0.15, -0.1) is 0 Å². The van der Waals surface area contributed by atoms with Gasteiger partial charge in [-0.2, -0.15) is 0 Å². The number of fused-ring (bicyclic) bond motifs is 1. The molecule has 1 aromatic rings. The molecule has 4 heteroatoms. The molecule has 0 radical (unpaired) electrons. The zero-order chi connectivity index (χ0) is 12.6. The van der Waals surface area contributed by atoms with Crippen LogP contribution in [0.2, 0.25) is 0 Å². The van der Waals surface area contributed by atoms with Gasteiger partial charge in [-0.05, 0) is 18.3 Å². The van der Waals surface area contributed by atoms with Gasteiger partial charge in [-0.3, -0.25) is 4.79 Å². The van der Waals surface area contributed by atoms with Gasteiger partial charge < -0.3 is 10.1 Å². The normalized spacial score (nSPS) is 20.1. The molecule has 1 heterocycles. The summed E-state index contributed by atoms with van der Waals surface area (Å²) in [5.41, 5.74) is 2.30. The van der Waals surface area contributed by atoms with Crippen molar-refractivity contribution in [3.8, 4) is 0 Å². The molecule has 1 atom stereocenters. The summed E-state index contributed by atoms with van der Waals surface area (Å²) in [4.78, 5) is 18.8. The van der Waals surface area contributed by atoms with E-state index < -0.39 is 5.97 Å². The van der Waals surface area contributed by atoms with Crippen molar-refractivity contribution in [2.75, 3.05) is 0 Å². The van der Waals surface area contributed by atoms with Crippen molar-refractivity contribution >= 4 is 5.97 Å². The van der Waals surface area contributed by atoms with Gasteiger partial charge in [0.15, 0.2) is 0 Å². The molecule has 0 saturated carbocycles. The highest BCUT2D eigenvalue weighted by atomic mass is 16.4. The average Bonchev–Trinajstić information content (AvgIpc) is 2.54. The Morgan fingerprint density at radius 1 is 1.53 bits per heavy atom. The third kappa shape index (κ3) is 2.87. The van der Waals surface area contributed by atoms with E-state index in [2.05, 4.69) is 30.7 Å². The molecule has 0 saturated heterocycles. The first kappa shape index (κ1) is 12.1. The highest BCUT2D eigenvalue weighted by Gasteiger charge is 2.27. The number of H-pyrrole nitrogens is 1. The molecule has 1 unspecified atom stereocenters. The van der Waals surface area contributed by atoms with Crippen LogP contribution in [0.25, 0.3) is 0 Å². The monoisotopic (exact) mass is 236 g/mol. The molecule has 0 bridgehead atoms.